The third-order valence-electron chi connectivity index (χ3n) is 7.46. The summed E-state index contributed by atoms with van der Waals surface area (Å²) in [6, 6.07) is 15.1. The molecule has 34 heavy (non-hydrogen) atoms. The number of rotatable bonds is 7. The molecule has 0 unspecified atom stereocenters. The summed E-state index contributed by atoms with van der Waals surface area (Å²) in [6.07, 6.45) is 7.00. The smallest absolute Gasteiger partial charge is 0.251 e. The fraction of sp³-hybridized carbons (Fsp3) is 0.519. The average molecular weight is 484 g/mol. The summed E-state index contributed by atoms with van der Waals surface area (Å²) in [5.41, 5.74) is 3.17. The van der Waals surface area contributed by atoms with Crippen molar-refractivity contribution in [3.8, 4) is 0 Å². The molecule has 2 aromatic rings. The van der Waals surface area contributed by atoms with Crippen LogP contribution in [0.15, 0.2) is 53.4 Å². The number of carbonyl (C=O) groups excluding carboxylic acids is 1. The molecule has 1 N–H and O–H groups in total. The van der Waals surface area contributed by atoms with Crippen LogP contribution in [-0.4, -0.2) is 55.8 Å². The van der Waals surface area contributed by atoms with Crippen molar-refractivity contribution in [3.05, 3.63) is 65.2 Å². The number of sulfonamides is 1. The van der Waals surface area contributed by atoms with Crippen molar-refractivity contribution >= 4 is 15.9 Å². The summed E-state index contributed by atoms with van der Waals surface area (Å²) in [5.74, 6) is -0.137. The lowest BCUT2D eigenvalue weighted by molar-refractivity contribution is 0.0909. The molecule has 0 aromatic heterocycles. The molecule has 2 aliphatic rings. The molecule has 1 saturated carbocycles. The number of amides is 1. The molecule has 2 fully saturated rings. The second kappa shape index (κ2) is 11.0. The van der Waals surface area contributed by atoms with Crippen molar-refractivity contribution in [1.29, 1.82) is 0 Å². The van der Waals surface area contributed by atoms with E-state index in [4.69, 9.17) is 0 Å². The molecular weight excluding hydrogens is 446 g/mol. The van der Waals surface area contributed by atoms with Gasteiger partial charge in [0.15, 0.2) is 0 Å². The Kier molecular flexibility index (Phi) is 8.06. The molecule has 0 bridgehead atoms. The van der Waals surface area contributed by atoms with E-state index < -0.39 is 10.0 Å². The van der Waals surface area contributed by atoms with Crippen LogP contribution in [0.3, 0.4) is 0 Å². The molecule has 0 spiro atoms. The first-order chi connectivity index (χ1) is 16.3. The van der Waals surface area contributed by atoms with Crippen LogP contribution in [0.4, 0.5) is 0 Å². The molecule has 1 saturated heterocycles. The monoisotopic (exact) mass is 483 g/mol. The van der Waals surface area contributed by atoms with Crippen molar-refractivity contribution in [3.63, 3.8) is 0 Å². The number of likely N-dealkylation sites (tertiary alicyclic amines) is 1. The molecule has 1 heterocycles. The fourth-order valence-electron chi connectivity index (χ4n) is 5.12. The van der Waals surface area contributed by atoms with Crippen LogP contribution in [0.25, 0.3) is 0 Å². The lowest BCUT2D eigenvalue weighted by Crippen LogP contribution is -2.44. The average Bonchev–Trinajstić information content (AvgIpc) is 2.86. The molecule has 6 nitrogen and oxygen atoms in total. The molecule has 1 amide bonds. The predicted molar refractivity (Wildman–Crippen MR) is 135 cm³/mol. The number of hydrogen-bond donors (Lipinski definition) is 1. The van der Waals surface area contributed by atoms with Gasteiger partial charge in [0.05, 0.1) is 4.90 Å². The predicted octanol–water partition coefficient (Wildman–Crippen LogP) is 4.34. The topological polar surface area (TPSA) is 69.7 Å². The van der Waals surface area contributed by atoms with E-state index in [9.17, 15) is 13.2 Å². The second-order valence-corrected chi connectivity index (χ2v) is 11.8. The Hall–Kier alpha value is -2.22. The van der Waals surface area contributed by atoms with Crippen molar-refractivity contribution in [2.45, 2.75) is 75.4 Å². The minimum atomic E-state index is -3.55. The minimum absolute atomic E-state index is 0.0680. The van der Waals surface area contributed by atoms with E-state index in [1.54, 1.807) is 31.3 Å². The number of aryl methyl sites for hydroxylation is 1. The van der Waals surface area contributed by atoms with Crippen LogP contribution in [-0.2, 0) is 16.6 Å². The van der Waals surface area contributed by atoms with Gasteiger partial charge in [-0.25, -0.2) is 8.42 Å². The van der Waals surface area contributed by atoms with E-state index in [0.29, 0.717) is 5.56 Å². The zero-order valence-corrected chi connectivity index (χ0v) is 21.2. The van der Waals surface area contributed by atoms with Crippen LogP contribution < -0.4 is 5.32 Å². The Morgan fingerprint density at radius 3 is 2.26 bits per heavy atom. The van der Waals surface area contributed by atoms with Crippen LogP contribution in [0.1, 0.15) is 66.4 Å². The van der Waals surface area contributed by atoms with Gasteiger partial charge < -0.3 is 5.32 Å². The molecule has 0 atom stereocenters. The van der Waals surface area contributed by atoms with Crippen LogP contribution in [0, 0.1) is 6.92 Å². The Morgan fingerprint density at radius 1 is 0.971 bits per heavy atom. The maximum atomic E-state index is 13.0. The summed E-state index contributed by atoms with van der Waals surface area (Å²) >= 11 is 0. The maximum absolute atomic E-state index is 13.0. The van der Waals surface area contributed by atoms with E-state index in [-0.39, 0.29) is 22.9 Å². The normalized spacial score (nSPS) is 18.8. The highest BCUT2D eigenvalue weighted by atomic mass is 32.2. The first-order valence-electron chi connectivity index (χ1n) is 12.5. The first-order valence-corrected chi connectivity index (χ1v) is 13.9. The third-order valence-corrected chi connectivity index (χ3v) is 9.38. The van der Waals surface area contributed by atoms with Crippen molar-refractivity contribution in [2.75, 3.05) is 20.1 Å². The van der Waals surface area contributed by atoms with Gasteiger partial charge in [-0.05, 0) is 68.0 Å². The maximum Gasteiger partial charge on any atom is 0.251 e. The van der Waals surface area contributed by atoms with E-state index >= 15 is 0 Å². The van der Waals surface area contributed by atoms with Crippen LogP contribution in [0.2, 0.25) is 0 Å². The van der Waals surface area contributed by atoms with Gasteiger partial charge in [-0.2, -0.15) is 4.31 Å². The second-order valence-electron chi connectivity index (χ2n) is 9.79. The third kappa shape index (κ3) is 5.88. The van der Waals surface area contributed by atoms with Crippen LogP contribution >= 0.6 is 0 Å². The highest BCUT2D eigenvalue weighted by Gasteiger charge is 2.29. The van der Waals surface area contributed by atoms with Crippen molar-refractivity contribution in [1.82, 2.24) is 14.5 Å². The van der Waals surface area contributed by atoms with Crippen molar-refractivity contribution < 1.29 is 13.2 Å². The number of nitrogens with one attached hydrogen (secondary N) is 1. The molecule has 1 aliphatic heterocycles. The fourth-order valence-corrected chi connectivity index (χ4v) is 6.53. The van der Waals surface area contributed by atoms with E-state index in [2.05, 4.69) is 41.4 Å². The van der Waals surface area contributed by atoms with Gasteiger partial charge in [-0.15, -0.1) is 0 Å². The minimum Gasteiger partial charge on any atom is -0.349 e. The highest BCUT2D eigenvalue weighted by molar-refractivity contribution is 7.89. The number of hydrogen-bond acceptors (Lipinski definition) is 4. The molecule has 2 aromatic carbocycles. The summed E-state index contributed by atoms with van der Waals surface area (Å²) in [6.45, 7) is 4.99. The molecule has 184 valence electrons. The van der Waals surface area contributed by atoms with Crippen LogP contribution in [0.5, 0.6) is 0 Å². The Morgan fingerprint density at radius 2 is 1.62 bits per heavy atom. The number of benzene rings is 2. The van der Waals surface area contributed by atoms with Gasteiger partial charge in [0.1, 0.15) is 0 Å². The lowest BCUT2D eigenvalue weighted by atomic mass is 9.96. The van der Waals surface area contributed by atoms with E-state index in [0.717, 1.165) is 58.2 Å². The van der Waals surface area contributed by atoms with Gasteiger partial charge in [-0.3, -0.25) is 9.69 Å². The largest absolute Gasteiger partial charge is 0.349 e. The SMILES string of the molecule is Cc1ccccc1CN1CCC(NC(=O)c2ccc(S(=O)(=O)N(C)C3CCCCC3)cc2)CC1. The summed E-state index contributed by atoms with van der Waals surface area (Å²) in [5, 5.41) is 3.14. The van der Waals surface area contributed by atoms with E-state index in [1.807, 2.05) is 0 Å². The van der Waals surface area contributed by atoms with Gasteiger partial charge in [0.25, 0.3) is 5.91 Å². The zero-order chi connectivity index (χ0) is 24.1. The molecule has 4 rings (SSSR count). The van der Waals surface area contributed by atoms with Crippen molar-refractivity contribution in [2.24, 2.45) is 0 Å². The first kappa shape index (κ1) is 24.9. The Labute approximate surface area is 204 Å². The highest BCUT2D eigenvalue weighted by Crippen LogP contribution is 2.26. The number of carbonyl (C=O) groups is 1. The molecular formula is C27H37N3O3S. The lowest BCUT2D eigenvalue weighted by Gasteiger charge is -2.32. The zero-order valence-electron chi connectivity index (χ0n) is 20.4. The number of piperidine rings is 1. The Bertz CT molecular complexity index is 1070. The summed E-state index contributed by atoms with van der Waals surface area (Å²) in [7, 11) is -1.87. The van der Waals surface area contributed by atoms with E-state index in [1.165, 1.54) is 21.9 Å². The Balaban J connectivity index is 1.30. The standard InChI is InChI=1S/C27H37N3O3S/c1-21-8-6-7-9-23(21)20-30-18-16-24(17-19-30)28-27(31)22-12-14-26(15-13-22)34(32,33)29(2)25-10-4-3-5-11-25/h6-9,12-15,24-25H,3-5,10-11,16-20H2,1-2H3,(H,28,31). The van der Waals surface area contributed by atoms with Gasteiger partial charge in [-0.1, -0.05) is 43.5 Å². The summed E-state index contributed by atoms with van der Waals surface area (Å²) < 4.78 is 27.6. The molecule has 1 aliphatic carbocycles. The molecule has 0 radical (unpaired) electrons. The number of nitrogens with zero attached hydrogens (tertiary/aromatic N) is 2. The van der Waals surface area contributed by atoms with Gasteiger partial charge >= 0.3 is 0 Å². The molecule has 7 heteroatoms. The van der Waals surface area contributed by atoms with Gasteiger partial charge in [0, 0.05) is 44.3 Å². The van der Waals surface area contributed by atoms with Gasteiger partial charge in [0.2, 0.25) is 10.0 Å². The quantitative estimate of drug-likeness (QED) is 0.636. The summed E-state index contributed by atoms with van der Waals surface area (Å²) in [4.78, 5) is 15.5.